The van der Waals surface area contributed by atoms with Crippen LogP contribution in [0.5, 0.6) is 0 Å². The zero-order chi connectivity index (χ0) is 20.7. The van der Waals surface area contributed by atoms with Gasteiger partial charge in [-0.25, -0.2) is 17.7 Å². The number of piperidine rings is 1. The van der Waals surface area contributed by atoms with Crippen molar-refractivity contribution in [3.05, 3.63) is 54.1 Å². The fourth-order valence-corrected chi connectivity index (χ4v) is 4.58. The minimum Gasteiger partial charge on any atom is -0.354 e. The maximum Gasteiger partial charge on any atom is 0.213 e. The van der Waals surface area contributed by atoms with Crippen LogP contribution in [0.25, 0.3) is 0 Å². The first-order chi connectivity index (χ1) is 14.0. The minimum absolute atomic E-state index is 0.157. The highest BCUT2D eigenvalue weighted by molar-refractivity contribution is 7.89. The van der Waals surface area contributed by atoms with Crippen LogP contribution in [0, 0.1) is 0 Å². The first kappa shape index (κ1) is 21.3. The number of imidazole rings is 1. The molecule has 0 unspecified atom stereocenters. The molecule has 1 aliphatic rings. The van der Waals surface area contributed by atoms with E-state index in [-0.39, 0.29) is 11.8 Å². The molecule has 0 atom stereocenters. The van der Waals surface area contributed by atoms with E-state index in [0.29, 0.717) is 25.6 Å². The van der Waals surface area contributed by atoms with Crippen molar-refractivity contribution < 1.29 is 8.42 Å². The molecule has 0 radical (unpaired) electrons. The molecule has 3 rings (SSSR count). The van der Waals surface area contributed by atoms with Crippen LogP contribution in [0.4, 0.5) is 0 Å². The largest absolute Gasteiger partial charge is 0.354 e. The molecule has 1 aliphatic heterocycles. The van der Waals surface area contributed by atoms with Crippen molar-refractivity contribution in [3.63, 3.8) is 0 Å². The molecular weight excluding hydrogens is 388 g/mol. The molecule has 1 fully saturated rings. The number of guanidine groups is 1. The molecule has 0 saturated carbocycles. The predicted molar refractivity (Wildman–Crippen MR) is 115 cm³/mol. The maximum absolute atomic E-state index is 12.0. The summed E-state index contributed by atoms with van der Waals surface area (Å²) >= 11 is 0. The number of aliphatic imine (C=N–C) groups is 1. The third-order valence-corrected chi connectivity index (χ3v) is 7.07. The third kappa shape index (κ3) is 5.80. The van der Waals surface area contributed by atoms with Crippen molar-refractivity contribution in [3.8, 4) is 0 Å². The second-order valence-corrected chi connectivity index (χ2v) is 9.36. The summed E-state index contributed by atoms with van der Waals surface area (Å²) in [6.07, 6.45) is 5.31. The summed E-state index contributed by atoms with van der Waals surface area (Å²) in [5, 5.41) is 6.73. The Bertz CT molecular complexity index is 902. The molecule has 158 valence electrons. The van der Waals surface area contributed by atoms with Gasteiger partial charge < -0.3 is 15.2 Å². The van der Waals surface area contributed by atoms with Crippen LogP contribution in [-0.4, -0.2) is 60.2 Å². The highest BCUT2D eigenvalue weighted by atomic mass is 32.2. The number of hydrogen-bond donors (Lipinski definition) is 2. The molecule has 0 aliphatic carbocycles. The second-order valence-electron chi connectivity index (χ2n) is 7.10. The Morgan fingerprint density at radius 1 is 1.24 bits per heavy atom. The Morgan fingerprint density at radius 2 is 1.97 bits per heavy atom. The number of hydrogen-bond acceptors (Lipinski definition) is 4. The molecule has 0 bridgehead atoms. The molecule has 9 heteroatoms. The van der Waals surface area contributed by atoms with Gasteiger partial charge in [0.2, 0.25) is 10.0 Å². The van der Waals surface area contributed by atoms with Crippen molar-refractivity contribution in [1.29, 1.82) is 0 Å². The van der Waals surface area contributed by atoms with E-state index in [1.54, 1.807) is 24.5 Å². The van der Waals surface area contributed by atoms with Gasteiger partial charge >= 0.3 is 0 Å². The monoisotopic (exact) mass is 418 g/mol. The summed E-state index contributed by atoms with van der Waals surface area (Å²) in [6.45, 7) is 4.11. The van der Waals surface area contributed by atoms with Gasteiger partial charge in [-0.3, -0.25) is 4.99 Å². The van der Waals surface area contributed by atoms with Crippen LogP contribution in [0.15, 0.2) is 47.7 Å². The van der Waals surface area contributed by atoms with Crippen LogP contribution < -0.4 is 10.6 Å². The standard InChI is InChI=1S/C20H30N6O2S/c1-3-29(27,28)26-12-9-18(10-13-26)24-20(21-2)23-15-19-22-11-14-25(19)16-17-7-5-4-6-8-17/h4-8,11,14,18H,3,9-10,12-13,15-16H2,1-2H3,(H2,21,23,24). The Kier molecular flexibility index (Phi) is 7.27. The molecule has 2 heterocycles. The average Bonchev–Trinajstić information content (AvgIpc) is 3.19. The highest BCUT2D eigenvalue weighted by Crippen LogP contribution is 2.14. The maximum atomic E-state index is 12.0. The van der Waals surface area contributed by atoms with Gasteiger partial charge in [-0.1, -0.05) is 30.3 Å². The Labute approximate surface area is 173 Å². The molecule has 1 saturated heterocycles. The fourth-order valence-electron chi connectivity index (χ4n) is 3.44. The lowest BCUT2D eigenvalue weighted by molar-refractivity contribution is 0.306. The molecule has 0 spiro atoms. The van der Waals surface area contributed by atoms with Crippen molar-refractivity contribution in [2.75, 3.05) is 25.9 Å². The van der Waals surface area contributed by atoms with Gasteiger partial charge in [0, 0.05) is 45.1 Å². The molecule has 1 aromatic carbocycles. The number of sulfonamides is 1. The Balaban J connectivity index is 1.50. The summed E-state index contributed by atoms with van der Waals surface area (Å²) in [7, 11) is -1.36. The van der Waals surface area contributed by atoms with Gasteiger partial charge in [-0.2, -0.15) is 0 Å². The lowest BCUT2D eigenvalue weighted by Gasteiger charge is -2.32. The van der Waals surface area contributed by atoms with E-state index in [2.05, 4.69) is 37.3 Å². The molecule has 1 aromatic heterocycles. The summed E-state index contributed by atoms with van der Waals surface area (Å²) < 4.78 is 27.7. The van der Waals surface area contributed by atoms with E-state index in [9.17, 15) is 8.42 Å². The SMILES string of the molecule is CCS(=O)(=O)N1CCC(NC(=NC)NCc2nccn2Cc2ccccc2)CC1. The van der Waals surface area contributed by atoms with Crippen molar-refractivity contribution in [2.24, 2.45) is 4.99 Å². The van der Waals surface area contributed by atoms with Crippen molar-refractivity contribution >= 4 is 16.0 Å². The van der Waals surface area contributed by atoms with Gasteiger partial charge in [0.15, 0.2) is 5.96 Å². The molecular formula is C20H30N6O2S. The van der Waals surface area contributed by atoms with Crippen LogP contribution >= 0.6 is 0 Å². The summed E-state index contributed by atoms with van der Waals surface area (Å²) in [5.41, 5.74) is 1.23. The van der Waals surface area contributed by atoms with E-state index in [0.717, 1.165) is 25.2 Å². The van der Waals surface area contributed by atoms with Crippen LogP contribution in [-0.2, 0) is 23.1 Å². The summed E-state index contributed by atoms with van der Waals surface area (Å²) in [5.74, 6) is 1.79. The summed E-state index contributed by atoms with van der Waals surface area (Å²) in [6, 6.07) is 10.5. The number of rotatable bonds is 7. The van der Waals surface area contributed by atoms with Crippen LogP contribution in [0.2, 0.25) is 0 Å². The predicted octanol–water partition coefficient (Wildman–Crippen LogP) is 1.41. The minimum atomic E-state index is -3.10. The summed E-state index contributed by atoms with van der Waals surface area (Å²) in [4.78, 5) is 8.76. The molecule has 29 heavy (non-hydrogen) atoms. The van der Waals surface area contributed by atoms with Crippen molar-refractivity contribution in [2.45, 2.75) is 38.9 Å². The average molecular weight is 419 g/mol. The van der Waals surface area contributed by atoms with Gasteiger partial charge in [0.25, 0.3) is 0 Å². The van der Waals surface area contributed by atoms with E-state index >= 15 is 0 Å². The van der Waals surface area contributed by atoms with Crippen LogP contribution in [0.3, 0.4) is 0 Å². The normalized spacial score (nSPS) is 16.7. The first-order valence-electron chi connectivity index (χ1n) is 10.0. The van der Waals surface area contributed by atoms with Gasteiger partial charge in [-0.15, -0.1) is 0 Å². The zero-order valence-corrected chi connectivity index (χ0v) is 17.9. The van der Waals surface area contributed by atoms with Gasteiger partial charge in [0.1, 0.15) is 5.82 Å². The lowest BCUT2D eigenvalue weighted by Crippen LogP contribution is -2.49. The highest BCUT2D eigenvalue weighted by Gasteiger charge is 2.27. The van der Waals surface area contributed by atoms with Crippen molar-refractivity contribution in [1.82, 2.24) is 24.5 Å². The Hall–Kier alpha value is -2.39. The molecule has 8 nitrogen and oxygen atoms in total. The Morgan fingerprint density at radius 3 is 2.62 bits per heavy atom. The molecule has 2 N–H and O–H groups in total. The topological polar surface area (TPSA) is 91.6 Å². The van der Waals surface area contributed by atoms with Crippen LogP contribution in [0.1, 0.15) is 31.2 Å². The quantitative estimate of drug-likeness (QED) is 0.524. The zero-order valence-electron chi connectivity index (χ0n) is 17.1. The van der Waals surface area contributed by atoms with Gasteiger partial charge in [0.05, 0.1) is 12.3 Å². The van der Waals surface area contributed by atoms with E-state index < -0.39 is 10.0 Å². The number of aromatic nitrogens is 2. The number of nitrogens with zero attached hydrogens (tertiary/aromatic N) is 4. The molecule has 2 aromatic rings. The van der Waals surface area contributed by atoms with Gasteiger partial charge in [-0.05, 0) is 25.3 Å². The first-order valence-corrected chi connectivity index (χ1v) is 11.6. The third-order valence-electron chi connectivity index (χ3n) is 5.19. The van der Waals surface area contributed by atoms with E-state index in [1.165, 1.54) is 5.56 Å². The van der Waals surface area contributed by atoms with E-state index in [4.69, 9.17) is 0 Å². The lowest BCUT2D eigenvalue weighted by atomic mass is 10.1. The number of nitrogens with one attached hydrogen (secondary N) is 2. The number of benzene rings is 1. The second kappa shape index (κ2) is 9.89. The fraction of sp³-hybridized carbons (Fsp3) is 0.500. The van der Waals surface area contributed by atoms with E-state index in [1.807, 2.05) is 24.4 Å². The smallest absolute Gasteiger partial charge is 0.213 e. The molecule has 0 amide bonds.